The highest BCUT2D eigenvalue weighted by Crippen LogP contribution is 2.19. The van der Waals surface area contributed by atoms with E-state index in [1.54, 1.807) is 0 Å². The number of nitrogens with one attached hydrogen (secondary N) is 1. The van der Waals surface area contributed by atoms with E-state index in [9.17, 15) is 18.0 Å². The fourth-order valence-electron chi connectivity index (χ4n) is 1.92. The van der Waals surface area contributed by atoms with Crippen LogP contribution in [0.25, 0.3) is 0 Å². The molecule has 1 amide bonds. The van der Waals surface area contributed by atoms with E-state index in [4.69, 9.17) is 4.74 Å². The van der Waals surface area contributed by atoms with Crippen molar-refractivity contribution in [2.24, 2.45) is 0 Å². The van der Waals surface area contributed by atoms with E-state index < -0.39 is 23.4 Å². The number of hydrogen-bond acceptors (Lipinski definition) is 3. The first kappa shape index (κ1) is 14.8. The summed E-state index contributed by atoms with van der Waals surface area (Å²) >= 11 is 0. The minimum Gasteiger partial charge on any atom is -0.379 e. The summed E-state index contributed by atoms with van der Waals surface area (Å²) in [6, 6.07) is 1.77. The van der Waals surface area contributed by atoms with Crippen LogP contribution in [0.2, 0.25) is 0 Å². The zero-order chi connectivity index (χ0) is 14.5. The molecule has 1 aromatic carbocycles. The highest BCUT2D eigenvalue weighted by atomic mass is 19.2. The topological polar surface area (TPSA) is 41.6 Å². The summed E-state index contributed by atoms with van der Waals surface area (Å²) in [7, 11) is 0. The number of morpholine rings is 1. The van der Waals surface area contributed by atoms with Crippen LogP contribution in [0.1, 0.15) is 6.42 Å². The van der Waals surface area contributed by atoms with Gasteiger partial charge in [-0.3, -0.25) is 9.69 Å². The van der Waals surface area contributed by atoms with Crippen molar-refractivity contribution in [1.82, 2.24) is 4.90 Å². The molecule has 0 atom stereocenters. The molecule has 110 valence electrons. The van der Waals surface area contributed by atoms with Gasteiger partial charge in [0.15, 0.2) is 17.5 Å². The second-order valence-corrected chi connectivity index (χ2v) is 4.48. The van der Waals surface area contributed by atoms with Gasteiger partial charge >= 0.3 is 0 Å². The standard InChI is InChI=1S/C13H15F3N2O2/c14-9-1-2-10(13(16)12(9)15)17-11(19)3-4-18-5-7-20-8-6-18/h1-2H,3-8H2,(H,17,19). The van der Waals surface area contributed by atoms with Gasteiger partial charge in [0.1, 0.15) is 0 Å². The van der Waals surface area contributed by atoms with Crippen molar-refractivity contribution in [2.75, 3.05) is 38.2 Å². The van der Waals surface area contributed by atoms with Crippen molar-refractivity contribution in [3.05, 3.63) is 29.6 Å². The normalized spacial score (nSPS) is 16.1. The summed E-state index contributed by atoms with van der Waals surface area (Å²) in [6.07, 6.45) is 0.151. The van der Waals surface area contributed by atoms with Crippen molar-refractivity contribution < 1.29 is 22.7 Å². The third-order valence-corrected chi connectivity index (χ3v) is 3.07. The van der Waals surface area contributed by atoms with Crippen LogP contribution in [-0.2, 0) is 9.53 Å². The molecule has 7 heteroatoms. The number of nitrogens with zero attached hydrogens (tertiary/aromatic N) is 1. The molecule has 1 N–H and O–H groups in total. The van der Waals surface area contributed by atoms with Crippen molar-refractivity contribution in [1.29, 1.82) is 0 Å². The Morgan fingerprint density at radius 3 is 2.60 bits per heavy atom. The second-order valence-electron chi connectivity index (χ2n) is 4.48. The molecule has 1 aliphatic rings. The molecule has 20 heavy (non-hydrogen) atoms. The molecule has 0 radical (unpaired) electrons. The molecule has 0 unspecified atom stereocenters. The zero-order valence-corrected chi connectivity index (χ0v) is 10.8. The van der Waals surface area contributed by atoms with Crippen molar-refractivity contribution in [3.63, 3.8) is 0 Å². The minimum absolute atomic E-state index is 0.151. The first-order valence-electron chi connectivity index (χ1n) is 6.31. The minimum atomic E-state index is -1.59. The highest BCUT2D eigenvalue weighted by molar-refractivity contribution is 5.90. The maximum absolute atomic E-state index is 13.4. The molecule has 1 heterocycles. The third-order valence-electron chi connectivity index (χ3n) is 3.07. The predicted molar refractivity (Wildman–Crippen MR) is 66.8 cm³/mol. The van der Waals surface area contributed by atoms with Crippen LogP contribution in [0, 0.1) is 17.5 Å². The Kier molecular flexibility index (Phi) is 4.97. The van der Waals surface area contributed by atoms with E-state index >= 15 is 0 Å². The Bertz CT molecular complexity index is 491. The average molecular weight is 288 g/mol. The van der Waals surface area contributed by atoms with Gasteiger partial charge in [-0.1, -0.05) is 0 Å². The fraction of sp³-hybridized carbons (Fsp3) is 0.462. The predicted octanol–water partition coefficient (Wildman–Crippen LogP) is 1.76. The first-order chi connectivity index (χ1) is 9.58. The van der Waals surface area contributed by atoms with Gasteiger partial charge in [0.2, 0.25) is 5.91 Å². The van der Waals surface area contributed by atoms with Crippen molar-refractivity contribution in [3.8, 4) is 0 Å². The van der Waals surface area contributed by atoms with E-state index in [0.717, 1.165) is 25.2 Å². The largest absolute Gasteiger partial charge is 0.379 e. The van der Waals surface area contributed by atoms with Gasteiger partial charge in [0.25, 0.3) is 0 Å². The second kappa shape index (κ2) is 6.71. The molecule has 0 aromatic heterocycles. The van der Waals surface area contributed by atoms with E-state index in [-0.39, 0.29) is 12.1 Å². The fourth-order valence-corrected chi connectivity index (χ4v) is 1.92. The summed E-state index contributed by atoms with van der Waals surface area (Å²) in [4.78, 5) is 13.7. The third kappa shape index (κ3) is 3.71. The Balaban J connectivity index is 1.86. The number of ether oxygens (including phenoxy) is 1. The summed E-state index contributed by atoms with van der Waals surface area (Å²) in [5.41, 5.74) is -0.351. The molecular weight excluding hydrogens is 273 g/mol. The molecule has 1 aliphatic heterocycles. The number of rotatable bonds is 4. The van der Waals surface area contributed by atoms with E-state index in [1.165, 1.54) is 0 Å². The Morgan fingerprint density at radius 1 is 1.20 bits per heavy atom. The van der Waals surface area contributed by atoms with Crippen LogP contribution in [0.4, 0.5) is 18.9 Å². The molecule has 0 aliphatic carbocycles. The first-order valence-corrected chi connectivity index (χ1v) is 6.31. The molecular formula is C13H15F3N2O2. The van der Waals surface area contributed by atoms with E-state index in [0.29, 0.717) is 19.8 Å². The Morgan fingerprint density at radius 2 is 1.90 bits per heavy atom. The highest BCUT2D eigenvalue weighted by Gasteiger charge is 2.16. The molecule has 2 rings (SSSR count). The van der Waals surface area contributed by atoms with Crippen LogP contribution in [0.5, 0.6) is 0 Å². The lowest BCUT2D eigenvalue weighted by Gasteiger charge is -2.26. The Hall–Kier alpha value is -1.60. The zero-order valence-electron chi connectivity index (χ0n) is 10.8. The molecule has 1 saturated heterocycles. The van der Waals surface area contributed by atoms with Gasteiger partial charge in [0.05, 0.1) is 18.9 Å². The number of benzene rings is 1. The van der Waals surface area contributed by atoms with Gasteiger partial charge in [0, 0.05) is 26.1 Å². The lowest BCUT2D eigenvalue weighted by molar-refractivity contribution is -0.116. The van der Waals surface area contributed by atoms with Crippen LogP contribution in [0.15, 0.2) is 12.1 Å². The molecule has 1 aromatic rings. The van der Waals surface area contributed by atoms with Gasteiger partial charge in [-0.25, -0.2) is 13.2 Å². The van der Waals surface area contributed by atoms with Gasteiger partial charge < -0.3 is 10.1 Å². The quantitative estimate of drug-likeness (QED) is 0.859. The summed E-state index contributed by atoms with van der Waals surface area (Å²) in [5, 5.41) is 2.24. The molecule has 1 fully saturated rings. The van der Waals surface area contributed by atoms with Gasteiger partial charge in [-0.2, -0.15) is 0 Å². The number of amides is 1. The monoisotopic (exact) mass is 288 g/mol. The molecule has 0 saturated carbocycles. The summed E-state index contributed by atoms with van der Waals surface area (Å²) < 4.78 is 44.3. The maximum Gasteiger partial charge on any atom is 0.225 e. The van der Waals surface area contributed by atoms with Crippen LogP contribution < -0.4 is 5.32 Å². The number of carbonyl (C=O) groups is 1. The van der Waals surface area contributed by atoms with Gasteiger partial charge in [-0.05, 0) is 12.1 Å². The van der Waals surface area contributed by atoms with Gasteiger partial charge in [-0.15, -0.1) is 0 Å². The van der Waals surface area contributed by atoms with Crippen molar-refractivity contribution >= 4 is 11.6 Å². The molecule has 0 spiro atoms. The number of hydrogen-bond donors (Lipinski definition) is 1. The van der Waals surface area contributed by atoms with Crippen LogP contribution >= 0.6 is 0 Å². The lowest BCUT2D eigenvalue weighted by atomic mass is 10.2. The average Bonchev–Trinajstić information content (AvgIpc) is 2.47. The lowest BCUT2D eigenvalue weighted by Crippen LogP contribution is -2.38. The smallest absolute Gasteiger partial charge is 0.225 e. The SMILES string of the molecule is O=C(CCN1CCOCC1)Nc1ccc(F)c(F)c1F. The van der Waals surface area contributed by atoms with Crippen LogP contribution in [-0.4, -0.2) is 43.7 Å². The number of carbonyl (C=O) groups excluding carboxylic acids is 1. The van der Waals surface area contributed by atoms with E-state index in [1.807, 2.05) is 4.90 Å². The number of halogens is 3. The maximum atomic E-state index is 13.4. The Labute approximate surface area is 114 Å². The summed E-state index contributed by atoms with van der Waals surface area (Å²) in [6.45, 7) is 3.25. The van der Waals surface area contributed by atoms with E-state index in [2.05, 4.69) is 5.32 Å². The summed E-state index contributed by atoms with van der Waals surface area (Å²) in [5.74, 6) is -4.70. The van der Waals surface area contributed by atoms with Crippen molar-refractivity contribution in [2.45, 2.75) is 6.42 Å². The molecule has 4 nitrogen and oxygen atoms in total. The van der Waals surface area contributed by atoms with Crippen LogP contribution in [0.3, 0.4) is 0 Å². The number of anilines is 1. The molecule has 0 bridgehead atoms.